The number of para-hydroxylation sites is 1. The van der Waals surface area contributed by atoms with Crippen molar-refractivity contribution in [2.24, 2.45) is 0 Å². The predicted molar refractivity (Wildman–Crippen MR) is 159 cm³/mol. The minimum absolute atomic E-state index is 0.0763. The Morgan fingerprint density at radius 3 is 2.42 bits per heavy atom. The van der Waals surface area contributed by atoms with Gasteiger partial charge >= 0.3 is 6.03 Å². The highest BCUT2D eigenvalue weighted by atomic mass is 35.5. The van der Waals surface area contributed by atoms with Gasteiger partial charge in [-0.15, -0.1) is 0 Å². The number of nitrogens with zero attached hydrogens (tertiary/aromatic N) is 2. The highest BCUT2D eigenvalue weighted by Gasteiger charge is 2.52. The van der Waals surface area contributed by atoms with Crippen molar-refractivity contribution in [2.45, 2.75) is 42.8 Å². The smallest absolute Gasteiger partial charge is 0.330 e. The van der Waals surface area contributed by atoms with E-state index in [0.29, 0.717) is 23.3 Å². The summed E-state index contributed by atoms with van der Waals surface area (Å²) in [4.78, 5) is 56.0. The summed E-state index contributed by atoms with van der Waals surface area (Å²) < 4.78 is 33.9. The van der Waals surface area contributed by atoms with Crippen LogP contribution in [0.25, 0.3) is 0 Å². The largest absolute Gasteiger partial charge is 0.353 e. The second kappa shape index (κ2) is 11.8. The highest BCUT2D eigenvalue weighted by molar-refractivity contribution is 7.92. The van der Waals surface area contributed by atoms with Crippen LogP contribution in [0.1, 0.15) is 29.0 Å². The Hall–Kier alpha value is -4.26. The van der Waals surface area contributed by atoms with Crippen LogP contribution >= 0.6 is 11.6 Å². The van der Waals surface area contributed by atoms with E-state index in [4.69, 9.17) is 16.3 Å². The molecule has 1 fully saturated rings. The number of Topliss-reactive ketones (excluding diaryl/α,β-unsaturated/α-hetero) is 1. The highest BCUT2D eigenvalue weighted by Crippen LogP contribution is 2.36. The number of carbonyl (C=O) groups excluding carboxylic acids is 4. The first-order valence-corrected chi connectivity index (χ1v) is 15.2. The van der Waals surface area contributed by atoms with E-state index in [0.717, 1.165) is 16.0 Å². The summed E-state index contributed by atoms with van der Waals surface area (Å²) in [5.41, 5.74) is 2.41. The van der Waals surface area contributed by atoms with Crippen molar-refractivity contribution in [3.8, 4) is 0 Å². The van der Waals surface area contributed by atoms with E-state index >= 15 is 0 Å². The van der Waals surface area contributed by atoms with E-state index in [-0.39, 0.29) is 21.3 Å². The Morgan fingerprint density at radius 1 is 1.02 bits per heavy atom. The van der Waals surface area contributed by atoms with Crippen LogP contribution in [0.5, 0.6) is 0 Å². The number of hydrogen-bond acceptors (Lipinski definition) is 7. The molecule has 1 heterocycles. The number of ether oxygens (including phenoxy) is 1. The summed E-state index contributed by atoms with van der Waals surface area (Å²) in [5, 5.41) is 2.80. The number of likely N-dealkylation sites (N-methyl/N-ethyl adjacent to an activating group) is 1. The van der Waals surface area contributed by atoms with Gasteiger partial charge in [-0.1, -0.05) is 54.1 Å². The number of fused-ring (bicyclic) bond motifs is 1. The lowest BCUT2D eigenvalue weighted by Crippen LogP contribution is -2.53. The quantitative estimate of drug-likeness (QED) is 0.271. The normalized spacial score (nSPS) is 18.9. The van der Waals surface area contributed by atoms with Crippen molar-refractivity contribution in [1.29, 1.82) is 0 Å². The molecule has 0 spiro atoms. The second-order valence-electron chi connectivity index (χ2n) is 10.3. The van der Waals surface area contributed by atoms with E-state index in [1.807, 2.05) is 12.1 Å². The maximum Gasteiger partial charge on any atom is 0.330 e. The zero-order valence-corrected chi connectivity index (χ0v) is 25.1. The molecule has 0 aromatic heterocycles. The van der Waals surface area contributed by atoms with E-state index in [9.17, 15) is 27.6 Å². The summed E-state index contributed by atoms with van der Waals surface area (Å²) in [6.45, 7) is 1.64. The van der Waals surface area contributed by atoms with Crippen LogP contribution in [-0.4, -0.2) is 68.3 Å². The van der Waals surface area contributed by atoms with Gasteiger partial charge in [0.1, 0.15) is 0 Å². The molecule has 0 saturated carbocycles. The van der Waals surface area contributed by atoms with Gasteiger partial charge in [0.2, 0.25) is 6.23 Å². The van der Waals surface area contributed by atoms with Gasteiger partial charge in [0.15, 0.2) is 11.8 Å². The van der Waals surface area contributed by atoms with E-state index in [2.05, 4.69) is 10.0 Å². The molecule has 3 atom stereocenters. The Labute approximate surface area is 253 Å². The number of imide groups is 1. The van der Waals surface area contributed by atoms with Gasteiger partial charge in [-0.3, -0.25) is 24.0 Å². The zero-order valence-electron chi connectivity index (χ0n) is 23.5. The standard InChI is InChI=1S/C30H29ClN4O7S/c1-17-12-14-19(43(40,41)33-23-11-7-6-10-22(23)31)16-24(17)32-27(37)25(35-28(38)29(42-3)34(2)30(35)39)26(36)21-15-13-18-8-4-5-9-20(18)21/h4-12,14,16,21,25,29,33H,13,15H2,1-3H3,(H,32,37). The van der Waals surface area contributed by atoms with Crippen molar-refractivity contribution >= 4 is 56.6 Å². The van der Waals surface area contributed by atoms with Crippen molar-refractivity contribution in [3.63, 3.8) is 0 Å². The third-order valence-corrected chi connectivity index (χ3v) is 9.37. The maximum atomic E-state index is 14.1. The van der Waals surface area contributed by atoms with Crippen LogP contribution < -0.4 is 10.0 Å². The zero-order chi connectivity index (χ0) is 31.1. The minimum Gasteiger partial charge on any atom is -0.353 e. The lowest BCUT2D eigenvalue weighted by atomic mass is 9.91. The molecule has 11 nitrogen and oxygen atoms in total. The third kappa shape index (κ3) is 5.61. The number of sulfonamides is 1. The molecule has 0 radical (unpaired) electrons. The Morgan fingerprint density at radius 2 is 1.72 bits per heavy atom. The summed E-state index contributed by atoms with van der Waals surface area (Å²) >= 11 is 6.12. The second-order valence-corrected chi connectivity index (χ2v) is 12.4. The van der Waals surface area contributed by atoms with Gasteiger partial charge in [-0.2, -0.15) is 0 Å². The predicted octanol–water partition coefficient (Wildman–Crippen LogP) is 3.92. The molecule has 3 aromatic rings. The molecule has 3 aromatic carbocycles. The van der Waals surface area contributed by atoms with Crippen molar-refractivity contribution in [2.75, 3.05) is 24.2 Å². The van der Waals surface area contributed by atoms with Crippen LogP contribution in [0.15, 0.2) is 71.6 Å². The van der Waals surface area contributed by atoms with E-state index in [1.165, 1.54) is 44.5 Å². The average Bonchev–Trinajstić information content (AvgIpc) is 3.50. The van der Waals surface area contributed by atoms with Crippen LogP contribution in [0.3, 0.4) is 0 Å². The third-order valence-electron chi connectivity index (χ3n) is 7.68. The number of carbonyl (C=O) groups is 4. The van der Waals surface area contributed by atoms with E-state index < -0.39 is 51.8 Å². The van der Waals surface area contributed by atoms with Gasteiger partial charge in [-0.05, 0) is 60.7 Å². The molecular formula is C30H29ClN4O7S. The van der Waals surface area contributed by atoms with Crippen LogP contribution in [0, 0.1) is 6.92 Å². The summed E-state index contributed by atoms with van der Waals surface area (Å²) in [5.74, 6) is -3.17. The number of benzene rings is 3. The van der Waals surface area contributed by atoms with Crippen molar-refractivity contribution in [1.82, 2.24) is 9.80 Å². The van der Waals surface area contributed by atoms with Crippen LogP contribution in [-0.2, 0) is 35.6 Å². The number of ketones is 1. The van der Waals surface area contributed by atoms with Gasteiger partial charge in [0.05, 0.1) is 15.6 Å². The number of urea groups is 1. The van der Waals surface area contributed by atoms with Gasteiger partial charge in [0, 0.05) is 25.8 Å². The molecular weight excluding hydrogens is 596 g/mol. The number of halogens is 1. The Bertz CT molecular complexity index is 1750. The molecule has 3 unspecified atom stereocenters. The fourth-order valence-electron chi connectivity index (χ4n) is 5.41. The van der Waals surface area contributed by atoms with E-state index in [1.54, 1.807) is 31.2 Å². The summed E-state index contributed by atoms with van der Waals surface area (Å²) in [7, 11) is -1.56. The Kier molecular flexibility index (Phi) is 8.28. The van der Waals surface area contributed by atoms with Crippen LogP contribution in [0.4, 0.5) is 16.2 Å². The number of nitrogens with one attached hydrogen (secondary N) is 2. The lowest BCUT2D eigenvalue weighted by Gasteiger charge is -2.26. The molecule has 5 rings (SSSR count). The SMILES string of the molecule is COC1C(=O)N(C(C(=O)Nc2cc(S(=O)(=O)Nc3ccccc3Cl)ccc2C)C(=O)C2CCc3ccccc32)C(=O)N1C. The van der Waals surface area contributed by atoms with Crippen molar-refractivity contribution in [3.05, 3.63) is 88.4 Å². The lowest BCUT2D eigenvalue weighted by molar-refractivity contribution is -0.146. The Balaban J connectivity index is 1.49. The fourth-order valence-corrected chi connectivity index (χ4v) is 6.76. The van der Waals surface area contributed by atoms with Gasteiger partial charge in [0.25, 0.3) is 21.8 Å². The molecule has 2 N–H and O–H groups in total. The van der Waals surface area contributed by atoms with Crippen molar-refractivity contribution < 1.29 is 32.3 Å². The molecule has 1 saturated heterocycles. The fraction of sp³-hybridized carbons (Fsp3) is 0.267. The number of anilines is 2. The number of amides is 4. The first kappa shape index (κ1) is 30.2. The summed E-state index contributed by atoms with van der Waals surface area (Å²) in [6, 6.07) is 15.0. The number of rotatable bonds is 9. The maximum absolute atomic E-state index is 14.1. The molecule has 0 bridgehead atoms. The molecule has 1 aliphatic carbocycles. The average molecular weight is 625 g/mol. The molecule has 4 amide bonds. The molecule has 13 heteroatoms. The van der Waals surface area contributed by atoms with Crippen LogP contribution in [0.2, 0.25) is 5.02 Å². The minimum atomic E-state index is -4.14. The van der Waals surface area contributed by atoms with Gasteiger partial charge < -0.3 is 10.1 Å². The van der Waals surface area contributed by atoms with Gasteiger partial charge in [-0.25, -0.2) is 18.1 Å². The monoisotopic (exact) mass is 624 g/mol. The molecule has 43 heavy (non-hydrogen) atoms. The molecule has 2 aliphatic rings. The summed E-state index contributed by atoms with van der Waals surface area (Å²) in [6.07, 6.45) is -0.305. The number of methoxy groups -OCH3 is 1. The first-order chi connectivity index (χ1) is 20.4. The molecule has 1 aliphatic heterocycles. The first-order valence-electron chi connectivity index (χ1n) is 13.4. The number of aryl methyl sites for hydroxylation is 2. The number of hydrogen-bond donors (Lipinski definition) is 2. The topological polar surface area (TPSA) is 142 Å². The molecule has 224 valence electrons.